The van der Waals surface area contributed by atoms with Crippen molar-refractivity contribution in [1.29, 1.82) is 0 Å². The summed E-state index contributed by atoms with van der Waals surface area (Å²) in [6.45, 7) is 6.40. The van der Waals surface area contributed by atoms with E-state index in [4.69, 9.17) is 9.47 Å². The predicted molar refractivity (Wildman–Crippen MR) is 84.0 cm³/mol. The molecule has 0 fully saturated rings. The molecule has 0 aromatic carbocycles. The molecule has 0 aromatic heterocycles. The van der Waals surface area contributed by atoms with Crippen molar-refractivity contribution in [3.63, 3.8) is 0 Å². The van der Waals surface area contributed by atoms with Crippen molar-refractivity contribution in [3.05, 3.63) is 12.7 Å². The van der Waals surface area contributed by atoms with E-state index in [1.807, 2.05) is 0 Å². The third-order valence-corrected chi connectivity index (χ3v) is 3.29. The van der Waals surface area contributed by atoms with Gasteiger partial charge in [0.05, 0.1) is 6.61 Å². The predicted octanol–water partition coefficient (Wildman–Crippen LogP) is 5.64. The SMILES string of the molecule is C=CCOC(=O)OCCCCCCCCCCCCC. The van der Waals surface area contributed by atoms with Gasteiger partial charge in [0.1, 0.15) is 6.61 Å². The van der Waals surface area contributed by atoms with Crippen LogP contribution in [0.1, 0.15) is 77.6 Å². The Balaban J connectivity index is 3.06. The zero-order valence-electron chi connectivity index (χ0n) is 13.2. The zero-order chi connectivity index (χ0) is 14.9. The first-order valence-corrected chi connectivity index (χ1v) is 8.21. The van der Waals surface area contributed by atoms with Gasteiger partial charge in [-0.3, -0.25) is 0 Å². The van der Waals surface area contributed by atoms with Gasteiger partial charge in [-0.15, -0.1) is 0 Å². The molecule has 118 valence electrons. The minimum absolute atomic E-state index is 0.219. The van der Waals surface area contributed by atoms with Gasteiger partial charge in [-0.05, 0) is 6.42 Å². The van der Waals surface area contributed by atoms with Crippen LogP contribution in [-0.2, 0) is 9.47 Å². The molecular formula is C17H32O3. The van der Waals surface area contributed by atoms with Gasteiger partial charge in [0, 0.05) is 0 Å². The monoisotopic (exact) mass is 284 g/mol. The van der Waals surface area contributed by atoms with Crippen LogP contribution in [0.4, 0.5) is 4.79 Å². The maximum Gasteiger partial charge on any atom is 0.508 e. The number of rotatable bonds is 14. The Morgan fingerprint density at radius 2 is 1.35 bits per heavy atom. The number of carbonyl (C=O) groups excluding carboxylic acids is 1. The van der Waals surface area contributed by atoms with Gasteiger partial charge < -0.3 is 9.47 Å². The fraction of sp³-hybridized carbons (Fsp3) is 0.824. The standard InChI is InChI=1S/C17H32O3/c1-3-5-6-7-8-9-10-11-12-13-14-16-20-17(18)19-15-4-2/h4H,2-3,5-16H2,1H3. The molecule has 0 aliphatic carbocycles. The van der Waals surface area contributed by atoms with E-state index in [1.165, 1.54) is 63.9 Å². The second-order valence-electron chi connectivity index (χ2n) is 5.23. The molecule has 0 radical (unpaired) electrons. The molecule has 0 atom stereocenters. The van der Waals surface area contributed by atoms with E-state index in [1.54, 1.807) is 0 Å². The minimum atomic E-state index is -0.586. The fourth-order valence-electron chi connectivity index (χ4n) is 2.09. The Hall–Kier alpha value is -0.990. The summed E-state index contributed by atoms with van der Waals surface area (Å²) in [7, 11) is 0. The summed E-state index contributed by atoms with van der Waals surface area (Å²) in [4.78, 5) is 11.0. The van der Waals surface area contributed by atoms with Crippen molar-refractivity contribution in [1.82, 2.24) is 0 Å². The molecule has 0 amide bonds. The molecule has 0 saturated carbocycles. The Bertz CT molecular complexity index is 226. The van der Waals surface area contributed by atoms with Crippen LogP contribution in [0, 0.1) is 0 Å². The maximum atomic E-state index is 11.0. The van der Waals surface area contributed by atoms with Crippen LogP contribution < -0.4 is 0 Å². The highest BCUT2D eigenvalue weighted by molar-refractivity contribution is 5.59. The molecule has 0 aliphatic heterocycles. The van der Waals surface area contributed by atoms with Crippen LogP contribution in [0.2, 0.25) is 0 Å². The maximum absolute atomic E-state index is 11.0. The van der Waals surface area contributed by atoms with Crippen LogP contribution in [0.3, 0.4) is 0 Å². The Kier molecular flexibility index (Phi) is 15.3. The average Bonchev–Trinajstić information content (AvgIpc) is 2.46. The molecular weight excluding hydrogens is 252 g/mol. The lowest BCUT2D eigenvalue weighted by Gasteiger charge is -2.04. The van der Waals surface area contributed by atoms with Crippen LogP contribution >= 0.6 is 0 Å². The van der Waals surface area contributed by atoms with E-state index in [9.17, 15) is 4.79 Å². The summed E-state index contributed by atoms with van der Waals surface area (Å²) in [6.07, 6.45) is 15.1. The topological polar surface area (TPSA) is 35.5 Å². The van der Waals surface area contributed by atoms with Crippen molar-refractivity contribution < 1.29 is 14.3 Å². The summed E-state index contributed by atoms with van der Waals surface area (Å²) < 4.78 is 9.63. The van der Waals surface area contributed by atoms with Crippen molar-refractivity contribution in [2.75, 3.05) is 13.2 Å². The molecule has 3 heteroatoms. The zero-order valence-corrected chi connectivity index (χ0v) is 13.2. The normalized spacial score (nSPS) is 10.2. The summed E-state index contributed by atoms with van der Waals surface area (Å²) in [5.74, 6) is 0. The molecule has 0 bridgehead atoms. The second kappa shape index (κ2) is 16.1. The molecule has 0 aliphatic rings. The van der Waals surface area contributed by atoms with Crippen molar-refractivity contribution >= 4 is 6.16 Å². The summed E-state index contributed by atoms with van der Waals surface area (Å²) >= 11 is 0. The molecule has 0 rings (SSSR count). The molecule has 0 heterocycles. The molecule has 0 N–H and O–H groups in total. The van der Waals surface area contributed by atoms with Crippen LogP contribution in [0.15, 0.2) is 12.7 Å². The van der Waals surface area contributed by atoms with Crippen molar-refractivity contribution in [3.8, 4) is 0 Å². The lowest BCUT2D eigenvalue weighted by Crippen LogP contribution is -2.08. The lowest BCUT2D eigenvalue weighted by molar-refractivity contribution is 0.0620. The Morgan fingerprint density at radius 3 is 1.85 bits per heavy atom. The number of ether oxygens (including phenoxy) is 2. The van der Waals surface area contributed by atoms with Crippen LogP contribution in [0.5, 0.6) is 0 Å². The molecule has 0 unspecified atom stereocenters. The third kappa shape index (κ3) is 15.1. The Labute approximate surface area is 124 Å². The first-order chi connectivity index (χ1) is 9.81. The summed E-state index contributed by atoms with van der Waals surface area (Å²) in [5, 5.41) is 0. The van der Waals surface area contributed by atoms with E-state index >= 15 is 0 Å². The first-order valence-electron chi connectivity index (χ1n) is 8.21. The van der Waals surface area contributed by atoms with E-state index < -0.39 is 6.16 Å². The van der Waals surface area contributed by atoms with E-state index in [-0.39, 0.29) is 6.61 Å². The molecule has 0 spiro atoms. The largest absolute Gasteiger partial charge is 0.508 e. The van der Waals surface area contributed by atoms with E-state index in [2.05, 4.69) is 13.5 Å². The quantitative estimate of drug-likeness (QED) is 0.235. The number of hydrogen-bond acceptors (Lipinski definition) is 3. The summed E-state index contributed by atoms with van der Waals surface area (Å²) in [6, 6.07) is 0. The molecule has 0 aromatic rings. The first kappa shape index (κ1) is 19.0. The van der Waals surface area contributed by atoms with Crippen molar-refractivity contribution in [2.24, 2.45) is 0 Å². The van der Waals surface area contributed by atoms with Crippen LogP contribution in [-0.4, -0.2) is 19.4 Å². The fourth-order valence-corrected chi connectivity index (χ4v) is 2.09. The van der Waals surface area contributed by atoms with Gasteiger partial charge in [0.2, 0.25) is 0 Å². The van der Waals surface area contributed by atoms with Gasteiger partial charge in [0.15, 0.2) is 0 Å². The van der Waals surface area contributed by atoms with Gasteiger partial charge in [0.25, 0.3) is 0 Å². The number of carbonyl (C=O) groups is 1. The van der Waals surface area contributed by atoms with Gasteiger partial charge in [-0.2, -0.15) is 0 Å². The van der Waals surface area contributed by atoms with E-state index in [0.29, 0.717) is 6.61 Å². The third-order valence-electron chi connectivity index (χ3n) is 3.29. The molecule has 20 heavy (non-hydrogen) atoms. The minimum Gasteiger partial charge on any atom is -0.434 e. The molecule has 0 saturated heterocycles. The van der Waals surface area contributed by atoms with E-state index in [0.717, 1.165) is 12.8 Å². The molecule has 3 nitrogen and oxygen atoms in total. The average molecular weight is 284 g/mol. The second-order valence-corrected chi connectivity index (χ2v) is 5.23. The van der Waals surface area contributed by atoms with Crippen LogP contribution in [0.25, 0.3) is 0 Å². The summed E-state index contributed by atoms with van der Waals surface area (Å²) in [5.41, 5.74) is 0. The smallest absolute Gasteiger partial charge is 0.434 e. The number of unbranched alkanes of at least 4 members (excludes halogenated alkanes) is 10. The lowest BCUT2D eigenvalue weighted by atomic mass is 10.1. The highest BCUT2D eigenvalue weighted by Gasteiger charge is 2.01. The van der Waals surface area contributed by atoms with Gasteiger partial charge in [-0.1, -0.05) is 83.8 Å². The van der Waals surface area contributed by atoms with Gasteiger partial charge in [-0.25, -0.2) is 4.79 Å². The van der Waals surface area contributed by atoms with Crippen molar-refractivity contribution in [2.45, 2.75) is 77.6 Å². The van der Waals surface area contributed by atoms with Gasteiger partial charge >= 0.3 is 6.16 Å². The highest BCUT2D eigenvalue weighted by atomic mass is 16.7. The number of hydrogen-bond donors (Lipinski definition) is 0. The Morgan fingerprint density at radius 1 is 0.850 bits per heavy atom. The highest BCUT2D eigenvalue weighted by Crippen LogP contribution is 2.11.